The SMILES string of the molecule is Cc1ccc(CNC(=O)c2ccc(-c3ccc4c(c3)C(=O)CC3(CCN(C(C)C)CC3)O4)c(F)c2)cn1. The zero-order valence-corrected chi connectivity index (χ0v) is 21.5. The number of amides is 1. The number of nitrogens with zero attached hydrogens (tertiary/aromatic N) is 2. The van der Waals surface area contributed by atoms with E-state index < -0.39 is 11.4 Å². The van der Waals surface area contributed by atoms with Crippen molar-refractivity contribution in [2.24, 2.45) is 0 Å². The molecule has 0 radical (unpaired) electrons. The molecule has 6 nitrogen and oxygen atoms in total. The third-order valence-electron chi connectivity index (χ3n) is 7.50. The normalized spacial score (nSPS) is 16.9. The van der Waals surface area contributed by atoms with E-state index in [1.807, 2.05) is 19.1 Å². The molecule has 0 atom stereocenters. The van der Waals surface area contributed by atoms with Gasteiger partial charge in [-0.3, -0.25) is 14.6 Å². The molecule has 0 aliphatic carbocycles. The largest absolute Gasteiger partial charge is 0.486 e. The van der Waals surface area contributed by atoms with Crippen LogP contribution in [0.2, 0.25) is 0 Å². The first-order valence-electron chi connectivity index (χ1n) is 12.8. The van der Waals surface area contributed by atoms with E-state index in [1.54, 1.807) is 36.5 Å². The van der Waals surface area contributed by atoms with Gasteiger partial charge in [0, 0.05) is 61.5 Å². The lowest BCUT2D eigenvalue weighted by Crippen LogP contribution is -2.52. The monoisotopic (exact) mass is 501 g/mol. The number of hydrogen-bond donors (Lipinski definition) is 1. The smallest absolute Gasteiger partial charge is 0.251 e. The number of rotatable bonds is 5. The number of aromatic nitrogens is 1. The van der Waals surface area contributed by atoms with E-state index in [0.29, 0.717) is 41.4 Å². The molecule has 7 heteroatoms. The molecule has 1 amide bonds. The van der Waals surface area contributed by atoms with Crippen LogP contribution < -0.4 is 10.1 Å². The molecule has 5 rings (SSSR count). The molecule has 2 aliphatic rings. The number of carbonyl (C=O) groups excluding carboxylic acids is 2. The topological polar surface area (TPSA) is 71.5 Å². The Bertz CT molecular complexity index is 1330. The standard InChI is InChI=1S/C30H32FN3O3/c1-19(2)34-12-10-30(11-13-34)16-27(35)25-14-22(7-9-28(25)37-30)24-8-6-23(15-26(24)31)29(36)33-18-21-5-4-20(3)32-17-21/h4-9,14-15,17,19H,10-13,16,18H2,1-3H3,(H,33,36). The van der Waals surface area contributed by atoms with Crippen molar-refractivity contribution in [3.8, 4) is 16.9 Å². The molecule has 0 bridgehead atoms. The van der Waals surface area contributed by atoms with Crippen molar-refractivity contribution in [3.05, 3.63) is 82.9 Å². The molecule has 1 saturated heterocycles. The second kappa shape index (κ2) is 10.1. The number of carbonyl (C=O) groups is 2. The lowest BCUT2D eigenvalue weighted by Gasteiger charge is -2.45. The summed E-state index contributed by atoms with van der Waals surface area (Å²) in [5, 5.41) is 2.80. The van der Waals surface area contributed by atoms with Crippen LogP contribution >= 0.6 is 0 Å². The van der Waals surface area contributed by atoms with E-state index in [1.165, 1.54) is 6.07 Å². The van der Waals surface area contributed by atoms with E-state index >= 15 is 4.39 Å². The molecule has 1 N–H and O–H groups in total. The summed E-state index contributed by atoms with van der Waals surface area (Å²) < 4.78 is 21.5. The van der Waals surface area contributed by atoms with Gasteiger partial charge in [-0.1, -0.05) is 18.2 Å². The van der Waals surface area contributed by atoms with Crippen LogP contribution in [0.5, 0.6) is 5.75 Å². The van der Waals surface area contributed by atoms with E-state index in [2.05, 4.69) is 29.0 Å². The van der Waals surface area contributed by atoms with E-state index in [9.17, 15) is 9.59 Å². The van der Waals surface area contributed by atoms with Gasteiger partial charge in [0.1, 0.15) is 17.2 Å². The number of pyridine rings is 1. The predicted octanol–water partition coefficient (Wildman–Crippen LogP) is 5.33. The predicted molar refractivity (Wildman–Crippen MR) is 140 cm³/mol. The van der Waals surface area contributed by atoms with Crippen molar-refractivity contribution in [2.45, 2.75) is 58.2 Å². The Labute approximate surface area is 216 Å². The van der Waals surface area contributed by atoms with E-state index in [-0.39, 0.29) is 17.3 Å². The number of aryl methyl sites for hydroxylation is 1. The molecule has 0 unspecified atom stereocenters. The van der Waals surface area contributed by atoms with Gasteiger partial charge < -0.3 is 15.0 Å². The Morgan fingerprint density at radius 1 is 1.11 bits per heavy atom. The van der Waals surface area contributed by atoms with Crippen LogP contribution in [0.3, 0.4) is 0 Å². The number of fused-ring (bicyclic) bond motifs is 1. The lowest BCUT2D eigenvalue weighted by atomic mass is 9.81. The van der Waals surface area contributed by atoms with Gasteiger partial charge in [-0.25, -0.2) is 4.39 Å². The highest BCUT2D eigenvalue weighted by molar-refractivity contribution is 6.01. The zero-order valence-electron chi connectivity index (χ0n) is 21.5. The summed E-state index contributed by atoms with van der Waals surface area (Å²) in [6, 6.07) is 13.9. The van der Waals surface area contributed by atoms with Crippen LogP contribution in [0.15, 0.2) is 54.7 Å². The first kappa shape index (κ1) is 25.1. The number of likely N-dealkylation sites (tertiary alicyclic amines) is 1. The highest BCUT2D eigenvalue weighted by Gasteiger charge is 2.43. The van der Waals surface area contributed by atoms with Crippen molar-refractivity contribution < 1.29 is 18.7 Å². The molecule has 3 aromatic rings. The Morgan fingerprint density at radius 2 is 1.89 bits per heavy atom. The number of ether oxygens (including phenoxy) is 1. The second-order valence-corrected chi connectivity index (χ2v) is 10.4. The molecule has 1 aromatic heterocycles. The maximum atomic E-state index is 15.1. The average Bonchev–Trinajstić information content (AvgIpc) is 2.88. The summed E-state index contributed by atoms with van der Waals surface area (Å²) in [4.78, 5) is 32.3. The minimum atomic E-state index is -0.522. The Hall–Kier alpha value is -3.58. The Balaban J connectivity index is 1.29. The van der Waals surface area contributed by atoms with Gasteiger partial charge in [-0.2, -0.15) is 0 Å². The van der Waals surface area contributed by atoms with Gasteiger partial charge in [0.15, 0.2) is 5.78 Å². The summed E-state index contributed by atoms with van der Waals surface area (Å²) in [6.45, 7) is 8.38. The Morgan fingerprint density at radius 3 is 2.57 bits per heavy atom. The quantitative estimate of drug-likeness (QED) is 0.511. The van der Waals surface area contributed by atoms with Crippen molar-refractivity contribution in [3.63, 3.8) is 0 Å². The van der Waals surface area contributed by atoms with Gasteiger partial charge in [0.2, 0.25) is 0 Å². The van der Waals surface area contributed by atoms with Crippen LogP contribution in [0, 0.1) is 12.7 Å². The molecule has 3 heterocycles. The van der Waals surface area contributed by atoms with Gasteiger partial charge in [-0.05, 0) is 62.2 Å². The summed E-state index contributed by atoms with van der Waals surface area (Å²) >= 11 is 0. The first-order chi connectivity index (χ1) is 17.7. The maximum Gasteiger partial charge on any atom is 0.251 e. The van der Waals surface area contributed by atoms with Crippen molar-refractivity contribution in [1.82, 2.24) is 15.2 Å². The third kappa shape index (κ3) is 5.27. The minimum absolute atomic E-state index is 0.0306. The van der Waals surface area contributed by atoms with Crippen molar-refractivity contribution in [2.75, 3.05) is 13.1 Å². The number of nitrogens with one attached hydrogen (secondary N) is 1. The summed E-state index contributed by atoms with van der Waals surface area (Å²) in [5.41, 5.74) is 2.94. The fourth-order valence-electron chi connectivity index (χ4n) is 5.17. The highest BCUT2D eigenvalue weighted by Crippen LogP contribution is 2.41. The summed E-state index contributed by atoms with van der Waals surface area (Å²) in [6.07, 6.45) is 3.68. The minimum Gasteiger partial charge on any atom is -0.486 e. The molecule has 2 aromatic carbocycles. The van der Waals surface area contributed by atoms with Crippen LogP contribution in [0.1, 0.15) is 65.1 Å². The van der Waals surface area contributed by atoms with E-state index in [4.69, 9.17) is 4.74 Å². The van der Waals surface area contributed by atoms with Crippen LogP contribution in [-0.4, -0.2) is 46.3 Å². The van der Waals surface area contributed by atoms with Crippen LogP contribution in [0.25, 0.3) is 11.1 Å². The van der Waals surface area contributed by atoms with Gasteiger partial charge in [0.25, 0.3) is 5.91 Å². The average molecular weight is 502 g/mol. The number of benzene rings is 2. The van der Waals surface area contributed by atoms with Crippen LogP contribution in [-0.2, 0) is 6.54 Å². The molecular formula is C30H32FN3O3. The van der Waals surface area contributed by atoms with Gasteiger partial charge >= 0.3 is 0 Å². The molecular weight excluding hydrogens is 469 g/mol. The third-order valence-corrected chi connectivity index (χ3v) is 7.50. The van der Waals surface area contributed by atoms with Gasteiger partial charge in [0.05, 0.1) is 12.0 Å². The van der Waals surface area contributed by atoms with Crippen LogP contribution in [0.4, 0.5) is 4.39 Å². The molecule has 2 aliphatic heterocycles. The molecule has 37 heavy (non-hydrogen) atoms. The molecule has 1 fully saturated rings. The van der Waals surface area contributed by atoms with E-state index in [0.717, 1.165) is 37.2 Å². The molecule has 192 valence electrons. The number of piperidine rings is 1. The number of hydrogen-bond acceptors (Lipinski definition) is 5. The number of halogens is 1. The maximum absolute atomic E-state index is 15.1. The Kier molecular flexibility index (Phi) is 6.82. The molecule has 0 saturated carbocycles. The second-order valence-electron chi connectivity index (χ2n) is 10.4. The lowest BCUT2D eigenvalue weighted by molar-refractivity contribution is -0.0153. The highest BCUT2D eigenvalue weighted by atomic mass is 19.1. The first-order valence-corrected chi connectivity index (χ1v) is 12.8. The fourth-order valence-corrected chi connectivity index (χ4v) is 5.17. The molecule has 1 spiro atoms. The summed E-state index contributed by atoms with van der Waals surface area (Å²) in [7, 11) is 0. The number of Topliss-reactive ketones (excluding diaryl/α,β-unsaturated/α-hetero) is 1. The fraction of sp³-hybridized carbons (Fsp3) is 0.367. The van der Waals surface area contributed by atoms with Crippen molar-refractivity contribution in [1.29, 1.82) is 0 Å². The van der Waals surface area contributed by atoms with Gasteiger partial charge in [-0.15, -0.1) is 0 Å². The number of ketones is 1. The zero-order chi connectivity index (χ0) is 26.2. The summed E-state index contributed by atoms with van der Waals surface area (Å²) in [5.74, 6) is -0.289. The van der Waals surface area contributed by atoms with Crippen molar-refractivity contribution >= 4 is 11.7 Å².